The quantitative estimate of drug-likeness (QED) is 0.877. The fourth-order valence-corrected chi connectivity index (χ4v) is 2.60. The molecule has 0 atom stereocenters. The lowest BCUT2D eigenvalue weighted by Crippen LogP contribution is -2.39. The Labute approximate surface area is 102 Å². The maximum absolute atomic E-state index is 12.0. The van der Waals surface area contributed by atoms with Gasteiger partial charge in [0.1, 0.15) is 0 Å². The monoisotopic (exact) mass is 255 g/mol. The van der Waals surface area contributed by atoms with E-state index in [0.29, 0.717) is 5.56 Å². The Kier molecular flexibility index (Phi) is 3.62. The molecule has 0 aliphatic rings. The molecule has 0 aliphatic carbocycles. The Hall–Kier alpha value is -1.36. The minimum Gasteiger partial charge on any atom is -0.273 e. The molecule has 0 saturated carbocycles. The van der Waals surface area contributed by atoms with E-state index < -0.39 is 21.3 Å². The van der Waals surface area contributed by atoms with E-state index in [4.69, 9.17) is 0 Å². The van der Waals surface area contributed by atoms with E-state index in [1.54, 1.807) is 45.9 Å². The number of hydrogen-bond acceptors (Lipinski definition) is 3. The highest BCUT2D eigenvalue weighted by atomic mass is 32.2. The number of aryl methyl sites for hydroxylation is 1. The van der Waals surface area contributed by atoms with Crippen LogP contribution in [0.1, 0.15) is 26.3 Å². The topological polar surface area (TPSA) is 63.2 Å². The molecule has 1 amide bonds. The first-order valence-electron chi connectivity index (χ1n) is 5.27. The van der Waals surface area contributed by atoms with Crippen LogP contribution in [-0.2, 0) is 14.8 Å². The minimum atomic E-state index is -3.77. The lowest BCUT2D eigenvalue weighted by Gasteiger charge is -2.18. The standard InChI is InChI=1S/C12H17NO3S/c1-9-7-5-6-8-10(9)17(15,16)13-11(14)12(2,3)4/h5-8H,1-4H3,(H,13,14). The van der Waals surface area contributed by atoms with Crippen molar-refractivity contribution in [2.75, 3.05) is 0 Å². The average molecular weight is 255 g/mol. The summed E-state index contributed by atoms with van der Waals surface area (Å²) in [4.78, 5) is 11.8. The third-order valence-electron chi connectivity index (χ3n) is 2.29. The van der Waals surface area contributed by atoms with Gasteiger partial charge in [0, 0.05) is 5.41 Å². The van der Waals surface area contributed by atoms with Crippen molar-refractivity contribution >= 4 is 15.9 Å². The molecule has 0 radical (unpaired) electrons. The molecule has 0 spiro atoms. The van der Waals surface area contributed by atoms with Crippen molar-refractivity contribution in [3.05, 3.63) is 29.8 Å². The fourth-order valence-electron chi connectivity index (χ4n) is 1.19. The molecule has 94 valence electrons. The van der Waals surface area contributed by atoms with Crippen molar-refractivity contribution in [1.82, 2.24) is 4.72 Å². The van der Waals surface area contributed by atoms with Gasteiger partial charge in [-0.3, -0.25) is 4.79 Å². The maximum Gasteiger partial charge on any atom is 0.264 e. The number of hydrogen-bond donors (Lipinski definition) is 1. The summed E-state index contributed by atoms with van der Waals surface area (Å²) in [6.07, 6.45) is 0. The normalized spacial score (nSPS) is 12.2. The van der Waals surface area contributed by atoms with Crippen LogP contribution in [0.3, 0.4) is 0 Å². The SMILES string of the molecule is Cc1ccccc1S(=O)(=O)NC(=O)C(C)(C)C. The summed E-state index contributed by atoms with van der Waals surface area (Å²) >= 11 is 0. The zero-order valence-corrected chi connectivity index (χ0v) is 11.3. The zero-order valence-electron chi connectivity index (χ0n) is 10.4. The molecule has 0 heterocycles. The van der Waals surface area contributed by atoms with Crippen molar-refractivity contribution in [3.8, 4) is 0 Å². The Morgan fingerprint density at radius 1 is 1.18 bits per heavy atom. The van der Waals surface area contributed by atoms with E-state index in [2.05, 4.69) is 4.72 Å². The molecule has 1 aromatic carbocycles. The van der Waals surface area contributed by atoms with Gasteiger partial charge in [0.05, 0.1) is 4.90 Å². The second kappa shape index (κ2) is 4.49. The number of carbonyl (C=O) groups excluding carboxylic acids is 1. The summed E-state index contributed by atoms with van der Waals surface area (Å²) in [7, 11) is -3.77. The van der Waals surface area contributed by atoms with Crippen molar-refractivity contribution in [2.45, 2.75) is 32.6 Å². The first-order chi connectivity index (χ1) is 7.64. The highest BCUT2D eigenvalue weighted by Crippen LogP contribution is 2.17. The van der Waals surface area contributed by atoms with Crippen LogP contribution in [0.5, 0.6) is 0 Å². The molecule has 1 aromatic rings. The molecule has 0 aliphatic heterocycles. The van der Waals surface area contributed by atoms with E-state index in [0.717, 1.165) is 0 Å². The van der Waals surface area contributed by atoms with Crippen LogP contribution in [-0.4, -0.2) is 14.3 Å². The maximum atomic E-state index is 12.0. The van der Waals surface area contributed by atoms with Gasteiger partial charge in [-0.25, -0.2) is 13.1 Å². The predicted octanol–water partition coefficient (Wildman–Crippen LogP) is 1.85. The fraction of sp³-hybridized carbons (Fsp3) is 0.417. The van der Waals surface area contributed by atoms with Crippen LogP contribution < -0.4 is 4.72 Å². The van der Waals surface area contributed by atoms with Crippen molar-refractivity contribution in [2.24, 2.45) is 5.41 Å². The van der Waals surface area contributed by atoms with E-state index >= 15 is 0 Å². The molecule has 4 nitrogen and oxygen atoms in total. The van der Waals surface area contributed by atoms with Crippen LogP contribution in [0, 0.1) is 12.3 Å². The molecular formula is C12H17NO3S. The first-order valence-corrected chi connectivity index (χ1v) is 6.76. The third kappa shape index (κ3) is 3.30. The highest BCUT2D eigenvalue weighted by molar-refractivity contribution is 7.90. The summed E-state index contributed by atoms with van der Waals surface area (Å²) in [5.74, 6) is -0.513. The second-order valence-corrected chi connectivity index (χ2v) is 6.60. The Morgan fingerprint density at radius 3 is 2.18 bits per heavy atom. The van der Waals surface area contributed by atoms with Crippen LogP contribution >= 0.6 is 0 Å². The molecule has 0 saturated heterocycles. The van der Waals surface area contributed by atoms with Gasteiger partial charge in [-0.15, -0.1) is 0 Å². The van der Waals surface area contributed by atoms with Crippen LogP contribution in [0.4, 0.5) is 0 Å². The molecule has 0 bridgehead atoms. The summed E-state index contributed by atoms with van der Waals surface area (Å²) < 4.78 is 26.0. The smallest absolute Gasteiger partial charge is 0.264 e. The Balaban J connectivity index is 3.07. The molecule has 5 heteroatoms. The van der Waals surface area contributed by atoms with E-state index in [1.807, 2.05) is 0 Å². The average Bonchev–Trinajstić information content (AvgIpc) is 2.15. The zero-order chi connectivity index (χ0) is 13.3. The number of rotatable bonds is 2. The Morgan fingerprint density at radius 2 is 1.71 bits per heavy atom. The van der Waals surface area contributed by atoms with Gasteiger partial charge in [0.2, 0.25) is 5.91 Å². The van der Waals surface area contributed by atoms with Crippen LogP contribution in [0.2, 0.25) is 0 Å². The summed E-state index contributed by atoms with van der Waals surface area (Å²) in [5, 5.41) is 0. The molecule has 1 N–H and O–H groups in total. The summed E-state index contributed by atoms with van der Waals surface area (Å²) in [5.41, 5.74) is -0.128. The van der Waals surface area contributed by atoms with Gasteiger partial charge < -0.3 is 0 Å². The van der Waals surface area contributed by atoms with Gasteiger partial charge in [0.25, 0.3) is 10.0 Å². The lowest BCUT2D eigenvalue weighted by atomic mass is 9.96. The molecule has 0 fully saturated rings. The van der Waals surface area contributed by atoms with Crippen molar-refractivity contribution in [3.63, 3.8) is 0 Å². The largest absolute Gasteiger partial charge is 0.273 e. The van der Waals surface area contributed by atoms with Gasteiger partial charge in [-0.05, 0) is 18.6 Å². The van der Waals surface area contributed by atoms with Gasteiger partial charge >= 0.3 is 0 Å². The Bertz CT molecular complexity index is 527. The minimum absolute atomic E-state index is 0.137. The first kappa shape index (κ1) is 13.7. The van der Waals surface area contributed by atoms with Crippen molar-refractivity contribution < 1.29 is 13.2 Å². The van der Waals surface area contributed by atoms with Crippen LogP contribution in [0.25, 0.3) is 0 Å². The molecule has 1 rings (SSSR count). The van der Waals surface area contributed by atoms with E-state index in [-0.39, 0.29) is 4.90 Å². The molecule has 0 aromatic heterocycles. The van der Waals surface area contributed by atoms with Gasteiger partial charge in [-0.2, -0.15) is 0 Å². The number of carbonyl (C=O) groups is 1. The van der Waals surface area contributed by atoms with Crippen LogP contribution in [0.15, 0.2) is 29.2 Å². The number of benzene rings is 1. The third-order valence-corrected chi connectivity index (χ3v) is 3.78. The predicted molar refractivity (Wildman–Crippen MR) is 66.0 cm³/mol. The van der Waals surface area contributed by atoms with Crippen molar-refractivity contribution in [1.29, 1.82) is 0 Å². The highest BCUT2D eigenvalue weighted by Gasteiger charge is 2.27. The lowest BCUT2D eigenvalue weighted by molar-refractivity contribution is -0.126. The van der Waals surface area contributed by atoms with Gasteiger partial charge in [0.15, 0.2) is 0 Å². The second-order valence-electron chi connectivity index (χ2n) is 4.95. The summed E-state index contributed by atoms with van der Waals surface area (Å²) in [6, 6.07) is 6.55. The summed E-state index contributed by atoms with van der Waals surface area (Å²) in [6.45, 7) is 6.68. The van der Waals surface area contributed by atoms with E-state index in [9.17, 15) is 13.2 Å². The molecule has 17 heavy (non-hydrogen) atoms. The number of nitrogens with one attached hydrogen (secondary N) is 1. The van der Waals surface area contributed by atoms with E-state index in [1.165, 1.54) is 6.07 Å². The molecular weight excluding hydrogens is 238 g/mol. The number of amides is 1. The van der Waals surface area contributed by atoms with Gasteiger partial charge in [-0.1, -0.05) is 39.0 Å². The molecule has 0 unspecified atom stereocenters. The number of sulfonamides is 1.